The minimum atomic E-state index is -0.264. The van der Waals surface area contributed by atoms with E-state index in [1.54, 1.807) is 28.3 Å². The summed E-state index contributed by atoms with van der Waals surface area (Å²) in [6.45, 7) is 2.15. The van der Waals surface area contributed by atoms with Gasteiger partial charge in [0.2, 0.25) is 5.75 Å². The number of hydrogen-bond acceptors (Lipinski definition) is 7. The predicted molar refractivity (Wildman–Crippen MR) is 91.5 cm³/mol. The number of hydrogen-bond donors (Lipinski definition) is 0. The van der Waals surface area contributed by atoms with E-state index in [9.17, 15) is 4.79 Å². The molecule has 0 aromatic heterocycles. The van der Waals surface area contributed by atoms with E-state index in [-0.39, 0.29) is 11.7 Å². The van der Waals surface area contributed by atoms with Gasteiger partial charge in [0.05, 0.1) is 37.9 Å². The Bertz CT molecular complexity index is 506. The van der Waals surface area contributed by atoms with E-state index in [2.05, 4.69) is 0 Å². The normalized spacial score (nSPS) is 10.0. The Morgan fingerprint density at radius 2 is 1.73 bits per heavy atom. The highest BCUT2D eigenvalue weighted by Crippen LogP contribution is 2.38. The van der Waals surface area contributed by atoms with Gasteiger partial charge in [-0.25, -0.2) is 0 Å². The molecule has 0 saturated carbocycles. The van der Waals surface area contributed by atoms with Crippen molar-refractivity contribution in [3.05, 3.63) is 17.7 Å². The second kappa shape index (κ2) is 9.53. The third kappa shape index (κ3) is 5.38. The van der Waals surface area contributed by atoms with E-state index in [1.165, 1.54) is 11.8 Å². The van der Waals surface area contributed by atoms with Crippen LogP contribution < -0.4 is 14.2 Å². The van der Waals surface area contributed by atoms with Crippen LogP contribution in [0.1, 0.15) is 12.5 Å². The van der Waals surface area contributed by atoms with Crippen LogP contribution in [0.5, 0.6) is 17.2 Å². The van der Waals surface area contributed by atoms with Crippen LogP contribution >= 0.6 is 24.0 Å². The fraction of sp³-hybridized carbons (Fsp3) is 0.467. The van der Waals surface area contributed by atoms with E-state index >= 15 is 0 Å². The van der Waals surface area contributed by atoms with Crippen molar-refractivity contribution in [2.75, 3.05) is 33.7 Å². The van der Waals surface area contributed by atoms with Gasteiger partial charge in [-0.1, -0.05) is 12.2 Å². The minimum absolute atomic E-state index is 0.219. The van der Waals surface area contributed by atoms with Gasteiger partial charge in [0, 0.05) is 6.42 Å². The summed E-state index contributed by atoms with van der Waals surface area (Å²) in [6.07, 6.45) is 0.524. The van der Waals surface area contributed by atoms with Gasteiger partial charge in [-0.2, -0.15) is 0 Å². The van der Waals surface area contributed by atoms with Crippen LogP contribution in [-0.4, -0.2) is 43.9 Å². The Hall–Kier alpha value is -1.47. The average Bonchev–Trinajstić information content (AvgIpc) is 2.52. The van der Waals surface area contributed by atoms with Crippen molar-refractivity contribution >= 4 is 34.1 Å². The number of rotatable bonds is 8. The fourth-order valence-electron chi connectivity index (χ4n) is 1.80. The lowest BCUT2D eigenvalue weighted by atomic mass is 10.1. The molecule has 22 heavy (non-hydrogen) atoms. The largest absolute Gasteiger partial charge is 0.493 e. The van der Waals surface area contributed by atoms with Crippen molar-refractivity contribution in [3.8, 4) is 17.2 Å². The topological polar surface area (TPSA) is 54.0 Å². The molecule has 0 amide bonds. The first kappa shape index (κ1) is 18.6. The SMILES string of the molecule is CCOC(=O)CSC(=S)Cc1cc(OC)c(OC)c(OC)c1. The van der Waals surface area contributed by atoms with Gasteiger partial charge >= 0.3 is 5.97 Å². The molecule has 0 radical (unpaired) electrons. The first-order valence-corrected chi connectivity index (χ1v) is 8.05. The molecule has 0 atom stereocenters. The van der Waals surface area contributed by atoms with Crippen LogP contribution in [0.2, 0.25) is 0 Å². The molecule has 0 spiro atoms. The first-order valence-electron chi connectivity index (χ1n) is 6.65. The molecule has 0 bridgehead atoms. The Labute approximate surface area is 140 Å². The zero-order valence-electron chi connectivity index (χ0n) is 13.1. The third-order valence-corrected chi connectivity index (χ3v) is 4.07. The maximum atomic E-state index is 11.3. The van der Waals surface area contributed by atoms with E-state index in [1.807, 2.05) is 12.1 Å². The second-order valence-corrected chi connectivity index (χ2v) is 6.00. The van der Waals surface area contributed by atoms with Gasteiger partial charge < -0.3 is 18.9 Å². The standard InChI is InChI=1S/C15H20O5S2/c1-5-20-13(16)9-22-14(21)8-10-6-11(17-2)15(19-4)12(7-10)18-3/h6-7H,5,8-9H2,1-4H3. The van der Waals surface area contributed by atoms with Crippen molar-refractivity contribution in [1.29, 1.82) is 0 Å². The molecule has 0 saturated heterocycles. The summed E-state index contributed by atoms with van der Waals surface area (Å²) in [5, 5.41) is 0. The molecule has 1 aromatic carbocycles. The molecule has 0 unspecified atom stereocenters. The van der Waals surface area contributed by atoms with Crippen LogP contribution in [0, 0.1) is 0 Å². The number of ether oxygens (including phenoxy) is 4. The number of carbonyl (C=O) groups excluding carboxylic acids is 1. The summed E-state index contributed by atoms with van der Waals surface area (Å²) in [6, 6.07) is 3.69. The average molecular weight is 344 g/mol. The van der Waals surface area contributed by atoms with Gasteiger partial charge in [0.15, 0.2) is 11.5 Å². The second-order valence-electron chi connectivity index (χ2n) is 4.18. The van der Waals surface area contributed by atoms with E-state index < -0.39 is 0 Å². The lowest BCUT2D eigenvalue weighted by Crippen LogP contribution is -2.09. The van der Waals surface area contributed by atoms with Crippen LogP contribution in [0.4, 0.5) is 0 Å². The lowest BCUT2D eigenvalue weighted by molar-refractivity contribution is -0.139. The summed E-state index contributed by atoms with van der Waals surface area (Å²) >= 11 is 6.60. The molecule has 0 N–H and O–H groups in total. The molecule has 1 aromatic rings. The number of carbonyl (C=O) groups is 1. The molecule has 0 aliphatic carbocycles. The maximum absolute atomic E-state index is 11.3. The third-order valence-electron chi connectivity index (χ3n) is 2.73. The smallest absolute Gasteiger partial charge is 0.316 e. The predicted octanol–water partition coefficient (Wildman–Crippen LogP) is 2.88. The summed E-state index contributed by atoms with van der Waals surface area (Å²) in [5.41, 5.74) is 0.927. The minimum Gasteiger partial charge on any atom is -0.493 e. The van der Waals surface area contributed by atoms with Gasteiger partial charge in [0.1, 0.15) is 0 Å². The van der Waals surface area contributed by atoms with Crippen molar-refractivity contribution in [2.45, 2.75) is 13.3 Å². The van der Waals surface area contributed by atoms with Gasteiger partial charge in [-0.15, -0.1) is 11.8 Å². The highest BCUT2D eigenvalue weighted by molar-refractivity contribution is 8.23. The Morgan fingerprint density at radius 3 is 2.18 bits per heavy atom. The maximum Gasteiger partial charge on any atom is 0.316 e. The first-order chi connectivity index (χ1) is 10.5. The zero-order valence-corrected chi connectivity index (χ0v) is 14.8. The van der Waals surface area contributed by atoms with E-state index in [0.717, 1.165) is 5.56 Å². The molecule has 1 rings (SSSR count). The Balaban J connectivity index is 2.76. The molecule has 0 aliphatic rings. The Morgan fingerprint density at radius 1 is 1.14 bits per heavy atom. The van der Waals surface area contributed by atoms with Crippen LogP contribution in [0.15, 0.2) is 12.1 Å². The molecule has 7 heteroatoms. The summed E-state index contributed by atoms with van der Waals surface area (Å²) < 4.78 is 21.4. The monoisotopic (exact) mass is 344 g/mol. The summed E-state index contributed by atoms with van der Waals surface area (Å²) in [5.74, 6) is 1.65. The molecular weight excluding hydrogens is 324 g/mol. The number of thiocarbonyl (C=S) groups is 1. The molecule has 122 valence electrons. The highest BCUT2D eigenvalue weighted by Gasteiger charge is 2.14. The van der Waals surface area contributed by atoms with Gasteiger partial charge in [-0.05, 0) is 24.6 Å². The van der Waals surface area contributed by atoms with Gasteiger partial charge in [0.25, 0.3) is 0 Å². The van der Waals surface area contributed by atoms with E-state index in [4.69, 9.17) is 31.2 Å². The number of thioether (sulfide) groups is 1. The van der Waals surface area contributed by atoms with Crippen molar-refractivity contribution in [2.24, 2.45) is 0 Å². The molecule has 5 nitrogen and oxygen atoms in total. The molecule has 0 fully saturated rings. The number of benzene rings is 1. The number of esters is 1. The van der Waals surface area contributed by atoms with E-state index in [0.29, 0.717) is 34.5 Å². The zero-order chi connectivity index (χ0) is 16.5. The van der Waals surface area contributed by atoms with Crippen molar-refractivity contribution < 1.29 is 23.7 Å². The quantitative estimate of drug-likeness (QED) is 0.531. The molecule has 0 heterocycles. The van der Waals surface area contributed by atoms with Crippen molar-refractivity contribution in [3.63, 3.8) is 0 Å². The number of methoxy groups -OCH3 is 3. The summed E-state index contributed by atoms with van der Waals surface area (Å²) in [7, 11) is 4.68. The summed E-state index contributed by atoms with van der Waals surface area (Å²) in [4.78, 5) is 11.3. The van der Waals surface area contributed by atoms with Crippen molar-refractivity contribution in [1.82, 2.24) is 0 Å². The molecule has 0 aliphatic heterocycles. The fourth-order valence-corrected chi connectivity index (χ4v) is 2.77. The Kier molecular flexibility index (Phi) is 8.05. The highest BCUT2D eigenvalue weighted by atomic mass is 32.2. The lowest BCUT2D eigenvalue weighted by Gasteiger charge is -2.14. The van der Waals surface area contributed by atoms with Gasteiger partial charge in [-0.3, -0.25) is 4.79 Å². The molecular formula is C15H20O5S2. The van der Waals surface area contributed by atoms with Crippen LogP contribution in [-0.2, 0) is 16.0 Å². The van der Waals surface area contributed by atoms with Crippen LogP contribution in [0.25, 0.3) is 0 Å². The van der Waals surface area contributed by atoms with Crippen LogP contribution in [0.3, 0.4) is 0 Å².